The van der Waals surface area contributed by atoms with Gasteiger partial charge in [-0.05, 0) is 40.3 Å². The van der Waals surface area contributed by atoms with Crippen molar-refractivity contribution in [2.24, 2.45) is 0 Å². The first-order chi connectivity index (χ1) is 6.59. The molecule has 1 aromatic rings. The monoisotopic (exact) mass is 275 g/mol. The number of aromatic nitrogens is 1. The summed E-state index contributed by atoms with van der Waals surface area (Å²) in [5.74, 6) is 0.464. The van der Waals surface area contributed by atoms with E-state index in [1.54, 1.807) is 18.3 Å². The Bertz CT molecular complexity index is 372. The second-order valence-electron chi connectivity index (χ2n) is 2.22. The Morgan fingerprint density at radius 1 is 1.64 bits per heavy atom. The Kier molecular flexibility index (Phi) is 3.78. The molecule has 0 bridgehead atoms. The lowest BCUT2D eigenvalue weighted by Crippen LogP contribution is -2.33. The van der Waals surface area contributed by atoms with Gasteiger partial charge in [0.1, 0.15) is 5.82 Å². The van der Waals surface area contributed by atoms with E-state index in [1.807, 2.05) is 5.32 Å². The second-order valence-corrected chi connectivity index (χ2v) is 3.48. The van der Waals surface area contributed by atoms with Crippen LogP contribution in [-0.4, -0.2) is 21.3 Å². The number of carboxylic acid groups (broad SMARTS) is 1. The molecule has 0 aliphatic rings. The number of halogens is 1. The largest absolute Gasteiger partial charge is 0.465 e. The van der Waals surface area contributed by atoms with Gasteiger partial charge >= 0.3 is 6.09 Å². The fraction of sp³-hybridized carbons (Fsp3) is 0. The molecule has 0 radical (unpaired) electrons. The summed E-state index contributed by atoms with van der Waals surface area (Å²) >= 11 is 7.94. The van der Waals surface area contributed by atoms with E-state index >= 15 is 0 Å². The molecule has 0 atom stereocenters. The van der Waals surface area contributed by atoms with E-state index in [-0.39, 0.29) is 5.11 Å². The highest BCUT2D eigenvalue weighted by Crippen LogP contribution is 2.17. The van der Waals surface area contributed by atoms with Gasteiger partial charge in [0.15, 0.2) is 5.11 Å². The lowest BCUT2D eigenvalue weighted by molar-refractivity contribution is 0.200. The molecule has 7 heteroatoms. The third kappa shape index (κ3) is 3.27. The number of thiocarbonyl (C=S) groups is 1. The van der Waals surface area contributed by atoms with Crippen LogP contribution >= 0.6 is 28.1 Å². The Labute approximate surface area is 93.7 Å². The van der Waals surface area contributed by atoms with Crippen molar-refractivity contribution >= 4 is 45.2 Å². The molecule has 0 spiro atoms. The lowest BCUT2D eigenvalue weighted by Gasteiger charge is -2.07. The van der Waals surface area contributed by atoms with Gasteiger partial charge in [0, 0.05) is 6.20 Å². The van der Waals surface area contributed by atoms with Crippen molar-refractivity contribution in [1.82, 2.24) is 10.3 Å². The lowest BCUT2D eigenvalue weighted by atomic mass is 10.5. The van der Waals surface area contributed by atoms with Crippen molar-refractivity contribution in [1.29, 1.82) is 0 Å². The molecule has 3 N–H and O–H groups in total. The van der Waals surface area contributed by atoms with E-state index in [9.17, 15) is 4.79 Å². The van der Waals surface area contributed by atoms with Crippen LogP contribution in [0, 0.1) is 0 Å². The minimum atomic E-state index is -1.21. The summed E-state index contributed by atoms with van der Waals surface area (Å²) in [6, 6.07) is 3.50. The summed E-state index contributed by atoms with van der Waals surface area (Å²) in [6.45, 7) is 0. The number of hydrogen-bond acceptors (Lipinski definition) is 3. The van der Waals surface area contributed by atoms with Crippen molar-refractivity contribution in [3.63, 3.8) is 0 Å². The Hall–Kier alpha value is -1.21. The number of hydrogen-bond donors (Lipinski definition) is 3. The zero-order valence-corrected chi connectivity index (χ0v) is 9.22. The molecule has 0 saturated heterocycles. The van der Waals surface area contributed by atoms with Gasteiger partial charge in [0.25, 0.3) is 0 Å². The third-order valence-electron chi connectivity index (χ3n) is 1.21. The van der Waals surface area contributed by atoms with Crippen molar-refractivity contribution < 1.29 is 9.90 Å². The zero-order chi connectivity index (χ0) is 10.6. The molecule has 0 fully saturated rings. The summed E-state index contributed by atoms with van der Waals surface area (Å²) in [5.41, 5.74) is 0. The summed E-state index contributed by atoms with van der Waals surface area (Å²) in [5, 5.41) is 13.0. The van der Waals surface area contributed by atoms with Crippen LogP contribution in [0.4, 0.5) is 10.6 Å². The predicted molar refractivity (Wildman–Crippen MR) is 59.3 cm³/mol. The van der Waals surface area contributed by atoms with Gasteiger partial charge < -0.3 is 10.4 Å². The molecule has 0 aromatic carbocycles. The highest BCUT2D eigenvalue weighted by atomic mass is 79.9. The molecular formula is C7H6BrN3O2S. The molecule has 0 unspecified atom stereocenters. The normalized spacial score (nSPS) is 9.21. The molecule has 0 saturated carbocycles. The minimum Gasteiger partial charge on any atom is -0.465 e. The highest BCUT2D eigenvalue weighted by molar-refractivity contribution is 9.10. The summed E-state index contributed by atoms with van der Waals surface area (Å²) in [6.07, 6.45) is 0.353. The number of anilines is 1. The third-order valence-corrected chi connectivity index (χ3v) is 2.05. The van der Waals surface area contributed by atoms with Crippen LogP contribution in [0.25, 0.3) is 0 Å². The van der Waals surface area contributed by atoms with Gasteiger partial charge in [0.2, 0.25) is 0 Å². The van der Waals surface area contributed by atoms with E-state index in [0.29, 0.717) is 10.3 Å². The Morgan fingerprint density at radius 3 is 2.93 bits per heavy atom. The minimum absolute atomic E-state index is 0.0168. The predicted octanol–water partition coefficient (Wildman–Crippen LogP) is 1.81. The maximum atomic E-state index is 10.2. The van der Waals surface area contributed by atoms with Crippen LogP contribution in [0.2, 0.25) is 0 Å². The number of pyridine rings is 1. The number of nitrogens with zero attached hydrogens (tertiary/aromatic N) is 1. The van der Waals surface area contributed by atoms with Crippen LogP contribution < -0.4 is 10.6 Å². The number of rotatable bonds is 1. The molecule has 0 aliphatic heterocycles. The average Bonchev–Trinajstić information content (AvgIpc) is 2.07. The summed E-state index contributed by atoms with van der Waals surface area (Å²) < 4.78 is 0.703. The second kappa shape index (κ2) is 4.87. The van der Waals surface area contributed by atoms with Gasteiger partial charge in [-0.2, -0.15) is 0 Å². The molecule has 14 heavy (non-hydrogen) atoms. The molecule has 0 aliphatic carbocycles. The first-order valence-corrected chi connectivity index (χ1v) is 4.71. The number of nitrogens with one attached hydrogen (secondary N) is 2. The molecule has 1 aromatic heterocycles. The summed E-state index contributed by atoms with van der Waals surface area (Å²) in [7, 11) is 0. The number of amides is 1. The fourth-order valence-electron chi connectivity index (χ4n) is 0.714. The van der Waals surface area contributed by atoms with Gasteiger partial charge in [-0.3, -0.25) is 5.32 Å². The van der Waals surface area contributed by atoms with Crippen molar-refractivity contribution in [2.45, 2.75) is 0 Å². The SMILES string of the molecule is O=C(O)NC(=S)Nc1ncccc1Br. The van der Waals surface area contributed by atoms with Crippen LogP contribution in [-0.2, 0) is 0 Å². The van der Waals surface area contributed by atoms with Crippen molar-refractivity contribution in [3.8, 4) is 0 Å². The van der Waals surface area contributed by atoms with E-state index in [4.69, 9.17) is 17.3 Å². The van der Waals surface area contributed by atoms with Crippen LogP contribution in [0.3, 0.4) is 0 Å². The highest BCUT2D eigenvalue weighted by Gasteiger charge is 2.04. The first kappa shape index (κ1) is 10.9. The quantitative estimate of drug-likeness (QED) is 0.682. The maximum Gasteiger partial charge on any atom is 0.410 e. The Morgan fingerprint density at radius 2 is 2.36 bits per heavy atom. The van der Waals surface area contributed by atoms with E-state index < -0.39 is 6.09 Å². The summed E-state index contributed by atoms with van der Waals surface area (Å²) in [4.78, 5) is 14.2. The van der Waals surface area contributed by atoms with Gasteiger partial charge in [-0.1, -0.05) is 0 Å². The van der Waals surface area contributed by atoms with Crippen LogP contribution in [0.15, 0.2) is 22.8 Å². The standard InChI is InChI=1S/C7H6BrN3O2S/c8-4-2-1-3-9-5(4)10-6(14)11-7(12)13/h1-3H,(H,12,13)(H2,9,10,11,14). The molecule has 1 heterocycles. The molecular weight excluding hydrogens is 270 g/mol. The van der Waals surface area contributed by atoms with Crippen molar-refractivity contribution in [3.05, 3.63) is 22.8 Å². The first-order valence-electron chi connectivity index (χ1n) is 3.51. The average molecular weight is 276 g/mol. The van der Waals surface area contributed by atoms with Gasteiger partial charge in [0.05, 0.1) is 4.47 Å². The molecule has 5 nitrogen and oxygen atoms in total. The van der Waals surface area contributed by atoms with E-state index in [0.717, 1.165) is 0 Å². The molecule has 1 amide bonds. The fourth-order valence-corrected chi connectivity index (χ4v) is 1.25. The number of carbonyl (C=O) groups is 1. The van der Waals surface area contributed by atoms with Crippen LogP contribution in [0.5, 0.6) is 0 Å². The molecule has 1 rings (SSSR count). The van der Waals surface area contributed by atoms with E-state index in [1.165, 1.54) is 0 Å². The maximum absolute atomic E-state index is 10.2. The van der Waals surface area contributed by atoms with Crippen molar-refractivity contribution in [2.75, 3.05) is 5.32 Å². The Balaban J connectivity index is 2.65. The topological polar surface area (TPSA) is 74.2 Å². The van der Waals surface area contributed by atoms with Gasteiger partial charge in [-0.15, -0.1) is 0 Å². The zero-order valence-electron chi connectivity index (χ0n) is 6.82. The van der Waals surface area contributed by atoms with E-state index in [2.05, 4.69) is 26.2 Å². The van der Waals surface area contributed by atoms with Crippen LogP contribution in [0.1, 0.15) is 0 Å². The smallest absolute Gasteiger partial charge is 0.410 e. The molecule has 74 valence electrons. The van der Waals surface area contributed by atoms with Gasteiger partial charge in [-0.25, -0.2) is 9.78 Å².